The summed E-state index contributed by atoms with van der Waals surface area (Å²) in [5, 5.41) is 3.97. The van der Waals surface area contributed by atoms with Gasteiger partial charge >= 0.3 is 0 Å². The van der Waals surface area contributed by atoms with Crippen LogP contribution < -0.4 is 4.90 Å². The van der Waals surface area contributed by atoms with E-state index in [4.69, 9.17) is 4.98 Å². The normalized spacial score (nSPS) is 16.5. The van der Waals surface area contributed by atoms with Crippen molar-refractivity contribution in [3.63, 3.8) is 0 Å². The first kappa shape index (κ1) is 20.3. The van der Waals surface area contributed by atoms with Crippen molar-refractivity contribution in [1.29, 1.82) is 0 Å². The van der Waals surface area contributed by atoms with Crippen LogP contribution in [0, 0.1) is 12.7 Å². The van der Waals surface area contributed by atoms with Gasteiger partial charge in [-0.15, -0.1) is 5.10 Å². The van der Waals surface area contributed by atoms with E-state index in [1.165, 1.54) is 12.1 Å². The van der Waals surface area contributed by atoms with Gasteiger partial charge in [0.25, 0.3) is 5.91 Å². The van der Waals surface area contributed by atoms with Crippen molar-refractivity contribution in [2.75, 3.05) is 32.1 Å². The van der Waals surface area contributed by atoms with E-state index in [9.17, 15) is 9.18 Å². The van der Waals surface area contributed by atoms with E-state index >= 15 is 0 Å². The second kappa shape index (κ2) is 8.43. The molecule has 30 heavy (non-hydrogen) atoms. The van der Waals surface area contributed by atoms with Crippen LogP contribution in [-0.4, -0.2) is 57.5 Å². The van der Waals surface area contributed by atoms with E-state index in [-0.39, 0.29) is 17.6 Å². The Morgan fingerprint density at radius 1 is 1.27 bits per heavy atom. The Kier molecular flexibility index (Phi) is 5.72. The molecule has 0 spiro atoms. The van der Waals surface area contributed by atoms with Crippen molar-refractivity contribution < 1.29 is 9.18 Å². The number of aromatic nitrogens is 4. The quantitative estimate of drug-likeness (QED) is 0.635. The number of piperidine rings is 1. The number of carbonyl (C=O) groups is 1. The molecule has 4 rings (SSSR count). The van der Waals surface area contributed by atoms with Gasteiger partial charge in [0, 0.05) is 44.9 Å². The zero-order chi connectivity index (χ0) is 21.3. The molecule has 0 saturated carbocycles. The Hall–Kier alpha value is -2.94. The second-order valence-corrected chi connectivity index (χ2v) is 8.40. The summed E-state index contributed by atoms with van der Waals surface area (Å²) in [5.74, 6) is 0.360. The molecule has 1 fully saturated rings. The highest BCUT2D eigenvalue weighted by Gasteiger charge is 2.30. The SMILES string of the molecule is Cc1nnsc1C(=O)N1CCCC(c2nc(N(C)C)ncc2-c2ccc(F)cc2)C1. The number of hydrogen-bond donors (Lipinski definition) is 0. The van der Waals surface area contributed by atoms with Gasteiger partial charge in [-0.2, -0.15) is 0 Å². The number of benzene rings is 1. The third-order valence-corrected chi connectivity index (χ3v) is 6.12. The fraction of sp³-hybridized carbons (Fsp3) is 0.381. The third-order valence-electron chi connectivity index (χ3n) is 5.30. The van der Waals surface area contributed by atoms with E-state index in [0.29, 0.717) is 29.6 Å². The summed E-state index contributed by atoms with van der Waals surface area (Å²) in [7, 11) is 3.79. The minimum atomic E-state index is -0.283. The lowest BCUT2D eigenvalue weighted by Crippen LogP contribution is -2.39. The summed E-state index contributed by atoms with van der Waals surface area (Å²) in [4.78, 5) is 26.6. The van der Waals surface area contributed by atoms with Crippen LogP contribution in [0.5, 0.6) is 0 Å². The molecule has 156 valence electrons. The van der Waals surface area contributed by atoms with Gasteiger partial charge < -0.3 is 9.80 Å². The number of aryl methyl sites for hydroxylation is 1. The first-order valence-electron chi connectivity index (χ1n) is 9.82. The molecule has 0 aliphatic carbocycles. The molecule has 1 aliphatic heterocycles. The van der Waals surface area contributed by atoms with Crippen molar-refractivity contribution in [2.45, 2.75) is 25.7 Å². The Bertz CT molecular complexity index is 1050. The number of likely N-dealkylation sites (tertiary alicyclic amines) is 1. The molecule has 7 nitrogen and oxygen atoms in total. The van der Waals surface area contributed by atoms with Crippen LogP contribution in [0.25, 0.3) is 11.1 Å². The number of amides is 1. The maximum absolute atomic E-state index is 13.4. The Labute approximate surface area is 178 Å². The van der Waals surface area contributed by atoms with Crippen molar-refractivity contribution in [3.8, 4) is 11.1 Å². The standard InChI is InChI=1S/C21H23FN6OS/c1-13-19(30-26-25-13)20(29)28-10-4-5-15(12-28)18-17(11-23-21(24-18)27(2)3)14-6-8-16(22)9-7-14/h6-9,11,15H,4-5,10,12H2,1-3H3. The molecule has 3 heterocycles. The summed E-state index contributed by atoms with van der Waals surface area (Å²) in [5.41, 5.74) is 3.28. The lowest BCUT2D eigenvalue weighted by molar-refractivity contribution is 0.0710. The van der Waals surface area contributed by atoms with E-state index in [2.05, 4.69) is 14.6 Å². The van der Waals surface area contributed by atoms with Gasteiger partial charge in [0.2, 0.25) is 5.95 Å². The summed E-state index contributed by atoms with van der Waals surface area (Å²) in [6.45, 7) is 3.07. The van der Waals surface area contributed by atoms with E-state index in [0.717, 1.165) is 41.2 Å². The van der Waals surface area contributed by atoms with Crippen LogP contribution >= 0.6 is 11.5 Å². The molecule has 0 radical (unpaired) electrons. The van der Waals surface area contributed by atoms with Gasteiger partial charge in [0.1, 0.15) is 10.7 Å². The van der Waals surface area contributed by atoms with Crippen LogP contribution in [0.2, 0.25) is 0 Å². The highest BCUT2D eigenvalue weighted by molar-refractivity contribution is 7.07. The van der Waals surface area contributed by atoms with Crippen LogP contribution in [0.15, 0.2) is 30.5 Å². The average Bonchev–Trinajstić information content (AvgIpc) is 3.19. The molecule has 1 aromatic carbocycles. The predicted molar refractivity (Wildman–Crippen MR) is 114 cm³/mol. The van der Waals surface area contributed by atoms with Crippen LogP contribution in [0.3, 0.4) is 0 Å². The molecule has 0 bridgehead atoms. The second-order valence-electron chi connectivity index (χ2n) is 7.65. The predicted octanol–water partition coefficient (Wildman–Crippen LogP) is 3.53. The number of hydrogen-bond acceptors (Lipinski definition) is 7. The number of carbonyl (C=O) groups excluding carboxylic acids is 1. The van der Waals surface area contributed by atoms with Crippen LogP contribution in [-0.2, 0) is 0 Å². The lowest BCUT2D eigenvalue weighted by Gasteiger charge is -2.33. The minimum Gasteiger partial charge on any atom is -0.347 e. The monoisotopic (exact) mass is 426 g/mol. The topological polar surface area (TPSA) is 75.1 Å². The maximum atomic E-state index is 13.4. The van der Waals surface area contributed by atoms with Crippen molar-refractivity contribution in [1.82, 2.24) is 24.5 Å². The first-order valence-corrected chi connectivity index (χ1v) is 10.6. The minimum absolute atomic E-state index is 0.0302. The largest absolute Gasteiger partial charge is 0.347 e. The highest BCUT2D eigenvalue weighted by Crippen LogP contribution is 2.34. The number of nitrogens with zero attached hydrogens (tertiary/aromatic N) is 6. The molecule has 1 aliphatic rings. The number of halogens is 1. The molecule has 2 aromatic heterocycles. The van der Waals surface area contributed by atoms with E-state index < -0.39 is 0 Å². The molecule has 1 saturated heterocycles. The van der Waals surface area contributed by atoms with Gasteiger partial charge in [-0.25, -0.2) is 14.4 Å². The van der Waals surface area contributed by atoms with E-state index in [1.54, 1.807) is 25.3 Å². The smallest absolute Gasteiger partial charge is 0.267 e. The summed E-state index contributed by atoms with van der Waals surface area (Å²) in [6, 6.07) is 6.36. The summed E-state index contributed by atoms with van der Waals surface area (Å²) >= 11 is 1.14. The highest BCUT2D eigenvalue weighted by atomic mass is 32.1. The van der Waals surface area contributed by atoms with Crippen LogP contribution in [0.1, 0.15) is 39.8 Å². The molecule has 9 heteroatoms. The van der Waals surface area contributed by atoms with E-state index in [1.807, 2.05) is 23.9 Å². The Morgan fingerprint density at radius 2 is 2.03 bits per heavy atom. The zero-order valence-electron chi connectivity index (χ0n) is 17.2. The Morgan fingerprint density at radius 3 is 2.70 bits per heavy atom. The van der Waals surface area contributed by atoms with Gasteiger partial charge in [0.05, 0.1) is 11.4 Å². The summed E-state index contributed by atoms with van der Waals surface area (Å²) in [6.07, 6.45) is 3.59. The molecular formula is C21H23FN6OS. The number of anilines is 1. The number of rotatable bonds is 4. The maximum Gasteiger partial charge on any atom is 0.267 e. The third kappa shape index (κ3) is 4.02. The lowest BCUT2D eigenvalue weighted by atomic mass is 9.90. The van der Waals surface area contributed by atoms with Crippen LogP contribution in [0.4, 0.5) is 10.3 Å². The molecule has 1 unspecified atom stereocenters. The van der Waals surface area contributed by atoms with Gasteiger partial charge in [-0.3, -0.25) is 4.79 Å². The Balaban J connectivity index is 1.69. The molecule has 3 aromatic rings. The first-order chi connectivity index (χ1) is 14.4. The fourth-order valence-electron chi connectivity index (χ4n) is 3.72. The van der Waals surface area contributed by atoms with Crippen molar-refractivity contribution in [2.24, 2.45) is 0 Å². The molecule has 0 N–H and O–H groups in total. The van der Waals surface area contributed by atoms with Crippen molar-refractivity contribution >= 4 is 23.4 Å². The average molecular weight is 427 g/mol. The summed E-state index contributed by atoms with van der Waals surface area (Å²) < 4.78 is 17.3. The van der Waals surface area contributed by atoms with Gasteiger partial charge in [-0.05, 0) is 49.0 Å². The van der Waals surface area contributed by atoms with Crippen molar-refractivity contribution in [3.05, 3.63) is 52.5 Å². The molecular weight excluding hydrogens is 403 g/mol. The van der Waals surface area contributed by atoms with Gasteiger partial charge in [0.15, 0.2) is 0 Å². The molecule has 1 atom stereocenters. The zero-order valence-corrected chi connectivity index (χ0v) is 18.0. The fourth-order valence-corrected chi connectivity index (χ4v) is 4.35. The molecule has 1 amide bonds. The van der Waals surface area contributed by atoms with Gasteiger partial charge in [-0.1, -0.05) is 16.6 Å².